The monoisotopic (exact) mass is 313 g/mol. The molecule has 2 heterocycles. The van der Waals surface area contributed by atoms with Gasteiger partial charge in [0.05, 0.1) is 25.1 Å². The van der Waals surface area contributed by atoms with Crippen molar-refractivity contribution >= 4 is 11.3 Å². The molecule has 2 aromatic heterocycles. The summed E-state index contributed by atoms with van der Waals surface area (Å²) in [6.45, 7) is 5.05. The number of para-hydroxylation sites is 1. The zero-order valence-electron chi connectivity index (χ0n) is 13.4. The van der Waals surface area contributed by atoms with E-state index < -0.39 is 0 Å². The fraction of sp³-hybridized carbons (Fsp3) is 0.312. The molecule has 0 amide bonds. The van der Waals surface area contributed by atoms with Crippen LogP contribution in [0, 0.1) is 6.92 Å². The summed E-state index contributed by atoms with van der Waals surface area (Å²) in [6, 6.07) is 7.80. The first kappa shape index (κ1) is 15.1. The van der Waals surface area contributed by atoms with Crippen molar-refractivity contribution < 1.29 is 9.47 Å². The Bertz CT molecular complexity index is 815. The molecule has 0 spiro atoms. The molecule has 1 aromatic carbocycles. The maximum atomic E-state index is 5.73. The maximum Gasteiger partial charge on any atom is 0.200 e. The van der Waals surface area contributed by atoms with Crippen LogP contribution in [0.15, 0.2) is 30.6 Å². The average molecular weight is 313 g/mol. The molecule has 7 nitrogen and oxygen atoms in total. The van der Waals surface area contributed by atoms with Gasteiger partial charge in [-0.2, -0.15) is 9.61 Å². The molecule has 0 radical (unpaired) electrons. The van der Waals surface area contributed by atoms with Gasteiger partial charge in [0.2, 0.25) is 5.65 Å². The van der Waals surface area contributed by atoms with Gasteiger partial charge in [-0.05, 0) is 26.0 Å². The quantitative estimate of drug-likeness (QED) is 0.753. The van der Waals surface area contributed by atoms with E-state index in [1.54, 1.807) is 18.0 Å². The van der Waals surface area contributed by atoms with Gasteiger partial charge >= 0.3 is 0 Å². The Morgan fingerprint density at radius 3 is 2.96 bits per heavy atom. The van der Waals surface area contributed by atoms with Crippen molar-refractivity contribution in [2.45, 2.75) is 20.4 Å². The summed E-state index contributed by atoms with van der Waals surface area (Å²) in [4.78, 5) is 0. The van der Waals surface area contributed by atoms with Gasteiger partial charge in [-0.15, -0.1) is 10.2 Å². The van der Waals surface area contributed by atoms with E-state index in [4.69, 9.17) is 9.47 Å². The van der Waals surface area contributed by atoms with Gasteiger partial charge in [-0.3, -0.25) is 0 Å². The van der Waals surface area contributed by atoms with Crippen molar-refractivity contribution in [3.63, 3.8) is 0 Å². The lowest BCUT2D eigenvalue weighted by Crippen LogP contribution is -2.07. The normalized spacial score (nSPS) is 10.7. The summed E-state index contributed by atoms with van der Waals surface area (Å²) in [7, 11) is 1.64. The van der Waals surface area contributed by atoms with Crippen LogP contribution in [0.5, 0.6) is 11.5 Å². The van der Waals surface area contributed by atoms with Crippen molar-refractivity contribution in [3.05, 3.63) is 41.9 Å². The standard InChI is InChI=1S/C16H19N5O2/c1-4-23-15-12(6-5-7-14(15)22-3)9-17-13-8-11(2)20-21-10-18-19-16(13)21/h5-8,10,17H,4,9H2,1-3H3. The molecule has 0 saturated carbocycles. The van der Waals surface area contributed by atoms with Crippen molar-refractivity contribution in [3.8, 4) is 11.5 Å². The summed E-state index contributed by atoms with van der Waals surface area (Å²) in [6.07, 6.45) is 1.59. The highest BCUT2D eigenvalue weighted by atomic mass is 16.5. The molecule has 0 saturated heterocycles. The maximum absolute atomic E-state index is 5.73. The minimum Gasteiger partial charge on any atom is -0.493 e. The molecular formula is C16H19N5O2. The van der Waals surface area contributed by atoms with Crippen molar-refractivity contribution in [2.24, 2.45) is 0 Å². The second kappa shape index (κ2) is 6.51. The zero-order chi connectivity index (χ0) is 16.2. The van der Waals surface area contributed by atoms with E-state index in [0.29, 0.717) is 18.8 Å². The van der Waals surface area contributed by atoms with Crippen LogP contribution in [-0.4, -0.2) is 33.5 Å². The number of hydrogen-bond donors (Lipinski definition) is 1. The zero-order valence-corrected chi connectivity index (χ0v) is 13.4. The van der Waals surface area contributed by atoms with Gasteiger partial charge < -0.3 is 14.8 Å². The van der Waals surface area contributed by atoms with Gasteiger partial charge in [0.15, 0.2) is 11.5 Å². The molecule has 0 aliphatic heterocycles. The summed E-state index contributed by atoms with van der Waals surface area (Å²) in [5.74, 6) is 1.48. The molecule has 3 aromatic rings. The summed E-state index contributed by atoms with van der Waals surface area (Å²) in [5, 5.41) is 15.7. The predicted molar refractivity (Wildman–Crippen MR) is 87.0 cm³/mol. The minimum atomic E-state index is 0.580. The summed E-state index contributed by atoms with van der Waals surface area (Å²) < 4.78 is 12.8. The first-order valence-corrected chi connectivity index (χ1v) is 7.43. The van der Waals surface area contributed by atoms with E-state index in [1.807, 2.05) is 38.1 Å². The van der Waals surface area contributed by atoms with Gasteiger partial charge in [-0.25, -0.2) is 0 Å². The van der Waals surface area contributed by atoms with Crippen molar-refractivity contribution in [1.29, 1.82) is 0 Å². The number of aromatic nitrogens is 4. The van der Waals surface area contributed by atoms with Crippen LogP contribution in [0.3, 0.4) is 0 Å². The van der Waals surface area contributed by atoms with Gasteiger partial charge in [0, 0.05) is 12.1 Å². The van der Waals surface area contributed by atoms with E-state index in [9.17, 15) is 0 Å². The third-order valence-corrected chi connectivity index (χ3v) is 3.43. The second-order valence-electron chi connectivity index (χ2n) is 5.03. The second-order valence-corrected chi connectivity index (χ2v) is 5.03. The molecule has 0 aliphatic rings. The van der Waals surface area contributed by atoms with E-state index in [0.717, 1.165) is 28.4 Å². The Morgan fingerprint density at radius 1 is 1.30 bits per heavy atom. The number of fused-ring (bicyclic) bond motifs is 1. The number of aryl methyl sites for hydroxylation is 1. The van der Waals surface area contributed by atoms with Crippen LogP contribution in [0.25, 0.3) is 5.65 Å². The number of rotatable bonds is 6. The van der Waals surface area contributed by atoms with E-state index in [1.165, 1.54) is 0 Å². The Hall–Kier alpha value is -2.83. The highest BCUT2D eigenvalue weighted by Gasteiger charge is 2.11. The molecule has 0 atom stereocenters. The van der Waals surface area contributed by atoms with E-state index in [2.05, 4.69) is 20.6 Å². The third-order valence-electron chi connectivity index (χ3n) is 3.43. The van der Waals surface area contributed by atoms with Gasteiger partial charge in [0.1, 0.15) is 6.33 Å². The number of nitrogens with zero attached hydrogens (tertiary/aromatic N) is 4. The first-order valence-electron chi connectivity index (χ1n) is 7.43. The van der Waals surface area contributed by atoms with E-state index in [-0.39, 0.29) is 0 Å². The van der Waals surface area contributed by atoms with Crippen molar-refractivity contribution in [2.75, 3.05) is 19.0 Å². The van der Waals surface area contributed by atoms with Gasteiger partial charge in [0.25, 0.3) is 0 Å². The smallest absolute Gasteiger partial charge is 0.200 e. The molecular weight excluding hydrogens is 294 g/mol. The Balaban J connectivity index is 1.89. The van der Waals surface area contributed by atoms with Crippen LogP contribution in [-0.2, 0) is 6.54 Å². The number of nitrogens with one attached hydrogen (secondary N) is 1. The van der Waals surface area contributed by atoms with Crippen LogP contribution >= 0.6 is 0 Å². The molecule has 0 aliphatic carbocycles. The third kappa shape index (κ3) is 3.03. The summed E-state index contributed by atoms with van der Waals surface area (Å²) >= 11 is 0. The average Bonchev–Trinajstić information content (AvgIpc) is 3.02. The van der Waals surface area contributed by atoms with Gasteiger partial charge in [-0.1, -0.05) is 12.1 Å². The number of benzene rings is 1. The Kier molecular flexibility index (Phi) is 4.27. The molecule has 0 bridgehead atoms. The fourth-order valence-electron chi connectivity index (χ4n) is 2.44. The van der Waals surface area contributed by atoms with Crippen molar-refractivity contribution in [1.82, 2.24) is 19.8 Å². The molecule has 0 unspecified atom stereocenters. The number of ether oxygens (including phenoxy) is 2. The highest BCUT2D eigenvalue weighted by Crippen LogP contribution is 2.31. The lowest BCUT2D eigenvalue weighted by molar-refractivity contribution is 0.308. The number of hydrogen-bond acceptors (Lipinski definition) is 6. The molecule has 0 fully saturated rings. The highest BCUT2D eigenvalue weighted by molar-refractivity contribution is 5.67. The number of methoxy groups -OCH3 is 1. The summed E-state index contributed by atoms with van der Waals surface area (Å²) in [5.41, 5.74) is 3.46. The van der Waals surface area contributed by atoms with Crippen LogP contribution in [0.4, 0.5) is 5.69 Å². The molecule has 120 valence electrons. The Labute approximate surface area is 134 Å². The van der Waals surface area contributed by atoms with Crippen LogP contribution in [0.2, 0.25) is 0 Å². The molecule has 1 N–H and O–H groups in total. The molecule has 23 heavy (non-hydrogen) atoms. The predicted octanol–water partition coefficient (Wildman–Crippen LogP) is 2.45. The molecule has 3 rings (SSSR count). The Morgan fingerprint density at radius 2 is 2.17 bits per heavy atom. The fourth-order valence-corrected chi connectivity index (χ4v) is 2.44. The van der Waals surface area contributed by atoms with Crippen LogP contribution < -0.4 is 14.8 Å². The lowest BCUT2D eigenvalue weighted by Gasteiger charge is -2.15. The SMILES string of the molecule is CCOc1c(CNc2cc(C)nn3cnnc23)cccc1OC. The lowest BCUT2D eigenvalue weighted by atomic mass is 10.1. The number of anilines is 1. The largest absolute Gasteiger partial charge is 0.493 e. The first-order chi connectivity index (χ1) is 11.2. The van der Waals surface area contributed by atoms with E-state index >= 15 is 0 Å². The topological polar surface area (TPSA) is 73.6 Å². The van der Waals surface area contributed by atoms with Crippen LogP contribution in [0.1, 0.15) is 18.2 Å². The molecule has 7 heteroatoms. The minimum absolute atomic E-state index is 0.580.